The second-order valence-electron chi connectivity index (χ2n) is 2.31. The van der Waals surface area contributed by atoms with Crippen LogP contribution < -0.4 is 10.5 Å². The summed E-state index contributed by atoms with van der Waals surface area (Å²) < 4.78 is 8.86. The third-order valence-electron chi connectivity index (χ3n) is 1.43. The molecule has 0 aliphatic heterocycles. The zero-order valence-corrected chi connectivity index (χ0v) is 6.10. The van der Waals surface area contributed by atoms with Crippen molar-refractivity contribution in [3.8, 4) is 0 Å². The Morgan fingerprint density at radius 3 is 3.17 bits per heavy atom. The van der Waals surface area contributed by atoms with Gasteiger partial charge in [0.2, 0.25) is 0 Å². The van der Waals surface area contributed by atoms with Gasteiger partial charge in [0.15, 0.2) is 0 Å². The first-order valence-electron chi connectivity index (χ1n) is 3.18. The molecule has 0 fully saturated rings. The number of aromatic nitrogens is 2. The molecule has 0 saturated carbocycles. The zero-order chi connectivity index (χ0) is 8.72. The molecule has 0 spiro atoms. The summed E-state index contributed by atoms with van der Waals surface area (Å²) in [6.07, 6.45) is 0. The summed E-state index contributed by atoms with van der Waals surface area (Å²) in [4.78, 5) is 11.0. The molecule has 0 radical (unpaired) electrons. The Labute approximate surface area is 65.5 Å². The summed E-state index contributed by atoms with van der Waals surface area (Å²) in [6, 6.07) is 1.45. The van der Waals surface area contributed by atoms with Crippen molar-refractivity contribution < 1.29 is 13.9 Å². The van der Waals surface area contributed by atoms with Crippen LogP contribution in [-0.4, -0.2) is 5.16 Å². The summed E-state index contributed by atoms with van der Waals surface area (Å²) in [5.41, 5.74) is -0.736. The fourth-order valence-electron chi connectivity index (χ4n) is 0.949. The van der Waals surface area contributed by atoms with E-state index in [4.69, 9.17) is 0 Å². The van der Waals surface area contributed by atoms with Crippen molar-refractivity contribution in [2.45, 2.75) is 6.92 Å². The third kappa shape index (κ3) is 0.777. The van der Waals surface area contributed by atoms with Gasteiger partial charge in [0, 0.05) is 11.2 Å². The number of nitrogens with zero attached hydrogens (tertiary/aromatic N) is 2. The van der Waals surface area contributed by atoms with Crippen LogP contribution in [0.2, 0.25) is 0 Å². The van der Waals surface area contributed by atoms with Gasteiger partial charge in [-0.25, -0.2) is 4.79 Å². The van der Waals surface area contributed by atoms with Crippen molar-refractivity contribution in [2.24, 2.45) is 0 Å². The molecule has 0 saturated heterocycles. The number of hydrogen-bond acceptors (Lipinski definition) is 5. The van der Waals surface area contributed by atoms with Gasteiger partial charge in [-0.1, -0.05) is 0 Å². The molecule has 0 N–H and O–H groups in total. The Balaban J connectivity index is 3.03. The smallest absolute Gasteiger partial charge is 0.392 e. The monoisotopic (exact) mass is 168 g/mol. The Kier molecular flexibility index (Phi) is 1.18. The van der Waals surface area contributed by atoms with Crippen molar-refractivity contribution in [1.29, 1.82) is 0 Å². The average molecular weight is 168 g/mol. The van der Waals surface area contributed by atoms with E-state index in [0.717, 1.165) is 0 Å². The van der Waals surface area contributed by atoms with Crippen molar-refractivity contribution >= 4 is 11.0 Å². The van der Waals surface area contributed by atoms with Crippen LogP contribution in [0, 0.1) is 12.1 Å². The lowest BCUT2D eigenvalue weighted by molar-refractivity contribution is -0.782. The highest BCUT2D eigenvalue weighted by Crippen LogP contribution is 2.03. The van der Waals surface area contributed by atoms with Gasteiger partial charge >= 0.3 is 11.1 Å². The van der Waals surface area contributed by atoms with Gasteiger partial charge in [-0.3, -0.25) is 4.63 Å². The largest absolute Gasteiger partial charge is 0.425 e. The molecule has 6 heteroatoms. The number of hydrogen-bond donors (Lipinski definition) is 0. The van der Waals surface area contributed by atoms with Gasteiger partial charge in [-0.05, 0) is 11.8 Å². The van der Waals surface area contributed by atoms with Gasteiger partial charge < -0.3 is 9.62 Å². The van der Waals surface area contributed by atoms with Crippen LogP contribution in [0.25, 0.3) is 11.0 Å². The van der Waals surface area contributed by atoms with Crippen LogP contribution in [0.3, 0.4) is 0 Å². The highest BCUT2D eigenvalue weighted by Gasteiger charge is 2.15. The van der Waals surface area contributed by atoms with Gasteiger partial charge in [-0.2, -0.15) is 0 Å². The van der Waals surface area contributed by atoms with E-state index in [1.165, 1.54) is 6.07 Å². The molecule has 62 valence electrons. The molecule has 2 rings (SSSR count). The summed E-state index contributed by atoms with van der Waals surface area (Å²) in [5.74, 6) is 0.390. The highest BCUT2D eigenvalue weighted by molar-refractivity contribution is 5.68. The molecule has 0 amide bonds. The average Bonchev–Trinajstić information content (AvgIpc) is 2.31. The molecule has 0 aliphatic carbocycles. The first kappa shape index (κ1) is 6.84. The van der Waals surface area contributed by atoms with E-state index in [9.17, 15) is 10.0 Å². The van der Waals surface area contributed by atoms with Gasteiger partial charge in [0.05, 0.1) is 0 Å². The third-order valence-corrected chi connectivity index (χ3v) is 1.43. The number of rotatable bonds is 0. The summed E-state index contributed by atoms with van der Waals surface area (Å²) in [7, 11) is 0. The van der Waals surface area contributed by atoms with Crippen LogP contribution in [0.1, 0.15) is 5.76 Å². The Morgan fingerprint density at radius 2 is 2.42 bits per heavy atom. The summed E-state index contributed by atoms with van der Waals surface area (Å²) >= 11 is 0. The maximum absolute atomic E-state index is 11.0. The van der Waals surface area contributed by atoms with E-state index in [2.05, 4.69) is 14.2 Å². The lowest BCUT2D eigenvalue weighted by Crippen LogP contribution is -2.27. The van der Waals surface area contributed by atoms with E-state index < -0.39 is 5.63 Å². The van der Waals surface area contributed by atoms with Gasteiger partial charge in [0.25, 0.3) is 5.52 Å². The summed E-state index contributed by atoms with van der Waals surface area (Å²) in [6.45, 7) is 1.59. The molecule has 2 aromatic heterocycles. The maximum Gasteiger partial charge on any atom is 0.392 e. The van der Waals surface area contributed by atoms with E-state index in [1.54, 1.807) is 6.92 Å². The fraction of sp³-hybridized carbons (Fsp3) is 0.167. The van der Waals surface area contributed by atoms with Crippen molar-refractivity contribution in [3.63, 3.8) is 0 Å². The number of fused-ring (bicyclic) bond motifs is 1. The molecule has 0 bridgehead atoms. The van der Waals surface area contributed by atoms with Crippen LogP contribution in [0.5, 0.6) is 0 Å². The van der Waals surface area contributed by atoms with Crippen LogP contribution in [0.15, 0.2) is 19.9 Å². The minimum atomic E-state index is -0.735. The lowest BCUT2D eigenvalue weighted by atomic mass is 10.4. The van der Waals surface area contributed by atoms with Crippen molar-refractivity contribution in [2.75, 3.05) is 0 Å². The lowest BCUT2D eigenvalue weighted by Gasteiger charge is -1.86. The second-order valence-corrected chi connectivity index (χ2v) is 2.31. The molecule has 2 aromatic rings. The second kappa shape index (κ2) is 2.07. The summed E-state index contributed by atoms with van der Waals surface area (Å²) in [5, 5.41) is 14.1. The highest BCUT2D eigenvalue weighted by atomic mass is 16.8. The Bertz CT molecular complexity index is 484. The molecule has 0 unspecified atom stereocenters. The van der Waals surface area contributed by atoms with E-state index in [-0.39, 0.29) is 15.9 Å². The Hall–Kier alpha value is -1.85. The SMILES string of the molecule is Cc1cc2no[n+]([O-])c2c(=O)o1. The molecule has 0 atom stereocenters. The predicted octanol–water partition coefficient (Wildman–Crippen LogP) is -0.277. The first-order chi connectivity index (χ1) is 5.68. The fourth-order valence-corrected chi connectivity index (χ4v) is 0.949. The van der Waals surface area contributed by atoms with Crippen molar-refractivity contribution in [1.82, 2.24) is 5.16 Å². The van der Waals surface area contributed by atoms with Crippen LogP contribution in [0.4, 0.5) is 0 Å². The molecule has 0 aromatic carbocycles. The molecule has 0 aliphatic rings. The first-order valence-corrected chi connectivity index (χ1v) is 3.18. The zero-order valence-electron chi connectivity index (χ0n) is 6.10. The normalized spacial score (nSPS) is 10.8. The van der Waals surface area contributed by atoms with Gasteiger partial charge in [0.1, 0.15) is 5.76 Å². The molecular weight excluding hydrogens is 164 g/mol. The van der Waals surface area contributed by atoms with E-state index in [1.807, 2.05) is 0 Å². The van der Waals surface area contributed by atoms with Crippen LogP contribution >= 0.6 is 0 Å². The minimum absolute atomic E-state index is 0.0284. The molecular formula is C6H4N2O4. The minimum Gasteiger partial charge on any atom is -0.425 e. The van der Waals surface area contributed by atoms with E-state index >= 15 is 0 Å². The van der Waals surface area contributed by atoms with Crippen LogP contribution in [-0.2, 0) is 0 Å². The number of aryl methyl sites for hydroxylation is 1. The predicted molar refractivity (Wildman–Crippen MR) is 36.2 cm³/mol. The van der Waals surface area contributed by atoms with E-state index in [0.29, 0.717) is 5.76 Å². The maximum atomic E-state index is 11.0. The molecule has 6 nitrogen and oxygen atoms in total. The topological polar surface area (TPSA) is 83.2 Å². The molecule has 2 heterocycles. The van der Waals surface area contributed by atoms with Gasteiger partial charge in [-0.15, -0.1) is 0 Å². The standard InChI is InChI=1S/C6H4N2O4/c1-3-2-4-5(6(9)11-3)8(10)12-7-4/h2H,1H3. The van der Waals surface area contributed by atoms with Crippen molar-refractivity contribution in [3.05, 3.63) is 27.5 Å². The molecule has 12 heavy (non-hydrogen) atoms. The quantitative estimate of drug-likeness (QED) is 0.505. The Morgan fingerprint density at radius 1 is 1.67 bits per heavy atom.